The van der Waals surface area contributed by atoms with Gasteiger partial charge in [-0.1, -0.05) is 6.42 Å². The maximum atomic E-state index is 12.9. The summed E-state index contributed by atoms with van der Waals surface area (Å²) < 4.78 is 32.1. The van der Waals surface area contributed by atoms with Crippen LogP contribution in [0.1, 0.15) is 33.1 Å². The highest BCUT2D eigenvalue weighted by molar-refractivity contribution is 7.89. The van der Waals surface area contributed by atoms with E-state index in [-0.39, 0.29) is 29.5 Å². The molecule has 1 heterocycles. The van der Waals surface area contributed by atoms with Crippen LogP contribution in [0.15, 0.2) is 29.2 Å². The monoisotopic (exact) mass is 340 g/mol. The molecule has 1 aromatic carbocycles. The Morgan fingerprint density at radius 3 is 2.30 bits per heavy atom. The smallest absolute Gasteiger partial charge is 0.250 e. The Bertz CT molecular complexity index is 633. The van der Waals surface area contributed by atoms with Gasteiger partial charge in [0.1, 0.15) is 6.61 Å². The first-order chi connectivity index (χ1) is 10.9. The SMILES string of the molecule is COCC(=O)Nc1ccc(S(=O)(=O)N2[C@@H](C)CCC[C@@H]2C)cc1. The van der Waals surface area contributed by atoms with Crippen molar-refractivity contribution in [2.45, 2.75) is 50.1 Å². The lowest BCUT2D eigenvalue weighted by Crippen LogP contribution is -2.47. The van der Waals surface area contributed by atoms with Gasteiger partial charge < -0.3 is 10.1 Å². The Morgan fingerprint density at radius 2 is 1.78 bits per heavy atom. The molecular formula is C16H24N2O4S. The molecule has 0 saturated carbocycles. The minimum absolute atomic E-state index is 0.00447. The molecule has 6 nitrogen and oxygen atoms in total. The number of ether oxygens (including phenoxy) is 1. The van der Waals surface area contributed by atoms with Crippen LogP contribution in [0.2, 0.25) is 0 Å². The Kier molecular flexibility index (Phi) is 5.78. The first-order valence-electron chi connectivity index (χ1n) is 7.78. The Balaban J connectivity index is 2.18. The molecule has 0 aromatic heterocycles. The number of nitrogens with one attached hydrogen (secondary N) is 1. The first-order valence-corrected chi connectivity index (χ1v) is 9.22. The van der Waals surface area contributed by atoms with Crippen molar-refractivity contribution in [3.63, 3.8) is 0 Å². The lowest BCUT2D eigenvalue weighted by atomic mass is 10.0. The van der Waals surface area contributed by atoms with Crippen LogP contribution in [-0.2, 0) is 19.6 Å². The maximum Gasteiger partial charge on any atom is 0.250 e. The normalized spacial score (nSPS) is 22.7. The van der Waals surface area contributed by atoms with Gasteiger partial charge in [-0.25, -0.2) is 8.42 Å². The van der Waals surface area contributed by atoms with Gasteiger partial charge in [-0.3, -0.25) is 4.79 Å². The molecule has 0 aliphatic carbocycles. The first kappa shape index (κ1) is 17.9. The van der Waals surface area contributed by atoms with Crippen molar-refractivity contribution in [1.29, 1.82) is 0 Å². The molecule has 2 atom stereocenters. The molecule has 7 heteroatoms. The highest BCUT2D eigenvalue weighted by Crippen LogP contribution is 2.29. The number of methoxy groups -OCH3 is 1. The highest BCUT2D eigenvalue weighted by atomic mass is 32.2. The number of benzene rings is 1. The van der Waals surface area contributed by atoms with E-state index in [9.17, 15) is 13.2 Å². The molecule has 1 saturated heterocycles. The van der Waals surface area contributed by atoms with Crippen molar-refractivity contribution in [3.05, 3.63) is 24.3 Å². The molecular weight excluding hydrogens is 316 g/mol. The minimum Gasteiger partial charge on any atom is -0.375 e. The van der Waals surface area contributed by atoms with Gasteiger partial charge in [0, 0.05) is 24.9 Å². The summed E-state index contributed by atoms with van der Waals surface area (Å²) in [7, 11) is -2.08. The summed E-state index contributed by atoms with van der Waals surface area (Å²) in [4.78, 5) is 11.7. The number of sulfonamides is 1. The van der Waals surface area contributed by atoms with Crippen LogP contribution >= 0.6 is 0 Å². The van der Waals surface area contributed by atoms with Crippen LogP contribution in [0.25, 0.3) is 0 Å². The molecule has 128 valence electrons. The summed E-state index contributed by atoms with van der Waals surface area (Å²) in [6.45, 7) is 3.86. The second-order valence-electron chi connectivity index (χ2n) is 5.97. The molecule has 1 aliphatic rings. The molecule has 1 amide bonds. The molecule has 2 rings (SSSR count). The number of hydrogen-bond donors (Lipinski definition) is 1. The maximum absolute atomic E-state index is 12.9. The third-order valence-electron chi connectivity index (χ3n) is 4.10. The second-order valence-corrected chi connectivity index (χ2v) is 7.81. The van der Waals surface area contributed by atoms with Gasteiger partial charge >= 0.3 is 0 Å². The van der Waals surface area contributed by atoms with E-state index >= 15 is 0 Å². The van der Waals surface area contributed by atoms with Crippen molar-refractivity contribution in [2.24, 2.45) is 0 Å². The highest BCUT2D eigenvalue weighted by Gasteiger charge is 2.35. The minimum atomic E-state index is -3.52. The number of carbonyl (C=O) groups excluding carboxylic acids is 1. The fourth-order valence-electron chi connectivity index (χ4n) is 3.03. The molecule has 0 spiro atoms. The Morgan fingerprint density at radius 1 is 1.22 bits per heavy atom. The molecule has 23 heavy (non-hydrogen) atoms. The van der Waals surface area contributed by atoms with Crippen LogP contribution < -0.4 is 5.32 Å². The topological polar surface area (TPSA) is 75.7 Å². The predicted octanol–water partition coefficient (Wildman–Crippen LogP) is 2.22. The van der Waals surface area contributed by atoms with E-state index in [2.05, 4.69) is 5.32 Å². The van der Waals surface area contributed by atoms with Gasteiger partial charge in [0.15, 0.2) is 0 Å². The van der Waals surface area contributed by atoms with Gasteiger partial charge in [-0.2, -0.15) is 4.31 Å². The number of anilines is 1. The van der Waals surface area contributed by atoms with E-state index in [0.29, 0.717) is 5.69 Å². The number of hydrogen-bond acceptors (Lipinski definition) is 4. The van der Waals surface area contributed by atoms with Crippen molar-refractivity contribution < 1.29 is 17.9 Å². The second kappa shape index (κ2) is 7.42. The van der Waals surface area contributed by atoms with Crippen molar-refractivity contribution in [3.8, 4) is 0 Å². The standard InChI is InChI=1S/C16H24N2O4S/c1-12-5-4-6-13(2)18(12)23(20,21)15-9-7-14(8-10-15)17-16(19)11-22-3/h7-10,12-13H,4-6,11H2,1-3H3,(H,17,19)/t12-,13-/m0/s1. The Hall–Kier alpha value is -1.44. The predicted molar refractivity (Wildman–Crippen MR) is 88.7 cm³/mol. The van der Waals surface area contributed by atoms with Crippen molar-refractivity contribution >= 4 is 21.6 Å². The van der Waals surface area contributed by atoms with Gasteiger partial charge in [-0.05, 0) is 51.0 Å². The molecule has 1 N–H and O–H groups in total. The van der Waals surface area contributed by atoms with Crippen LogP contribution in [0.5, 0.6) is 0 Å². The van der Waals surface area contributed by atoms with Gasteiger partial charge in [0.05, 0.1) is 4.90 Å². The lowest BCUT2D eigenvalue weighted by molar-refractivity contribution is -0.119. The van der Waals surface area contributed by atoms with E-state index in [1.807, 2.05) is 13.8 Å². The van der Waals surface area contributed by atoms with Gasteiger partial charge in [0.2, 0.25) is 15.9 Å². The number of nitrogens with zero attached hydrogens (tertiary/aromatic N) is 1. The van der Waals surface area contributed by atoms with Crippen LogP contribution in [0.4, 0.5) is 5.69 Å². The van der Waals surface area contributed by atoms with E-state index in [1.165, 1.54) is 19.2 Å². The largest absolute Gasteiger partial charge is 0.375 e. The Labute approximate surface area is 137 Å². The summed E-state index contributed by atoms with van der Waals surface area (Å²) in [5.41, 5.74) is 0.547. The number of carbonyl (C=O) groups is 1. The number of rotatable bonds is 5. The van der Waals surface area contributed by atoms with Crippen LogP contribution in [-0.4, -0.2) is 44.4 Å². The molecule has 1 aromatic rings. The molecule has 1 fully saturated rings. The van der Waals surface area contributed by atoms with Crippen LogP contribution in [0, 0.1) is 0 Å². The fourth-order valence-corrected chi connectivity index (χ4v) is 4.91. The molecule has 1 aliphatic heterocycles. The third-order valence-corrected chi connectivity index (χ3v) is 6.24. The zero-order chi connectivity index (χ0) is 17.0. The van der Waals surface area contributed by atoms with E-state index < -0.39 is 10.0 Å². The summed E-state index contributed by atoms with van der Waals surface area (Å²) in [6.07, 6.45) is 2.82. The van der Waals surface area contributed by atoms with Gasteiger partial charge in [0.25, 0.3) is 0 Å². The zero-order valence-corrected chi connectivity index (χ0v) is 14.6. The number of amides is 1. The molecule has 0 radical (unpaired) electrons. The van der Waals surface area contributed by atoms with E-state index in [0.717, 1.165) is 19.3 Å². The quantitative estimate of drug-likeness (QED) is 0.892. The lowest BCUT2D eigenvalue weighted by Gasteiger charge is -2.37. The average molecular weight is 340 g/mol. The molecule has 0 bridgehead atoms. The fraction of sp³-hybridized carbons (Fsp3) is 0.562. The third kappa shape index (κ3) is 4.10. The average Bonchev–Trinajstić information content (AvgIpc) is 2.47. The van der Waals surface area contributed by atoms with E-state index in [4.69, 9.17) is 4.74 Å². The summed E-state index contributed by atoms with van der Waals surface area (Å²) in [6, 6.07) is 6.27. The number of piperidine rings is 1. The van der Waals surface area contributed by atoms with Crippen LogP contribution in [0.3, 0.4) is 0 Å². The van der Waals surface area contributed by atoms with Gasteiger partial charge in [-0.15, -0.1) is 0 Å². The van der Waals surface area contributed by atoms with Crippen molar-refractivity contribution in [2.75, 3.05) is 19.0 Å². The van der Waals surface area contributed by atoms with Crippen molar-refractivity contribution in [1.82, 2.24) is 4.31 Å². The summed E-state index contributed by atoms with van der Waals surface area (Å²) in [5, 5.41) is 2.65. The molecule has 0 unspecified atom stereocenters. The summed E-state index contributed by atoms with van der Waals surface area (Å²) >= 11 is 0. The summed E-state index contributed by atoms with van der Waals surface area (Å²) in [5.74, 6) is -0.276. The zero-order valence-electron chi connectivity index (χ0n) is 13.8. The van der Waals surface area contributed by atoms with E-state index in [1.54, 1.807) is 16.4 Å².